The molecule has 0 unspecified atom stereocenters. The third-order valence-corrected chi connectivity index (χ3v) is 3.79. The van der Waals surface area contributed by atoms with Gasteiger partial charge in [0.15, 0.2) is 5.75 Å². The summed E-state index contributed by atoms with van der Waals surface area (Å²) in [5.74, 6) is 1.32. The van der Waals surface area contributed by atoms with Crippen LogP contribution < -0.4 is 15.0 Å². The minimum absolute atomic E-state index is 0.385. The summed E-state index contributed by atoms with van der Waals surface area (Å²) in [6.07, 6.45) is 1.59. The Balaban J connectivity index is 1.83. The van der Waals surface area contributed by atoms with Gasteiger partial charge in [0.25, 0.3) is 0 Å². The molecule has 1 aromatic heterocycles. The topological polar surface area (TPSA) is 81.0 Å². The molecule has 136 valence electrons. The van der Waals surface area contributed by atoms with E-state index < -0.39 is 0 Å². The zero-order chi connectivity index (χ0) is 19.1. The van der Waals surface area contributed by atoms with Gasteiger partial charge in [-0.1, -0.05) is 41.9 Å². The maximum Gasteiger partial charge on any atom is 0.223 e. The number of halogens is 1. The zero-order valence-corrected chi connectivity index (χ0v) is 15.3. The molecule has 7 heteroatoms. The highest BCUT2D eigenvalue weighted by atomic mass is 35.5. The molecule has 0 saturated heterocycles. The van der Waals surface area contributed by atoms with E-state index in [4.69, 9.17) is 31.2 Å². The number of rotatable bonds is 7. The standard InChI is InChI=1S/C20H16ClN3O3/c1-25-24-18-12-23-20(26-13-14-5-3-2-4-6-14)10-19(18)27-17-8-15(11-22)7-16(21)9-17/h2-10,12,24H,13H2,1H3/p+1. The molecule has 0 radical (unpaired) electrons. The zero-order valence-electron chi connectivity index (χ0n) is 14.6. The summed E-state index contributed by atoms with van der Waals surface area (Å²) in [6, 6.07) is 18.3. The van der Waals surface area contributed by atoms with Crippen molar-refractivity contribution in [1.82, 2.24) is 4.98 Å². The average molecular weight is 383 g/mol. The van der Waals surface area contributed by atoms with E-state index >= 15 is 0 Å². The van der Waals surface area contributed by atoms with E-state index in [0.29, 0.717) is 40.3 Å². The Bertz CT molecular complexity index is 958. The third-order valence-electron chi connectivity index (χ3n) is 3.57. The van der Waals surface area contributed by atoms with Crippen molar-refractivity contribution in [2.24, 2.45) is 0 Å². The molecular formula is C20H17ClN3O3+. The van der Waals surface area contributed by atoms with Crippen molar-refractivity contribution in [1.29, 1.82) is 5.26 Å². The van der Waals surface area contributed by atoms with Crippen LogP contribution in [0.2, 0.25) is 5.02 Å². The van der Waals surface area contributed by atoms with Crippen LogP contribution in [0.1, 0.15) is 11.1 Å². The van der Waals surface area contributed by atoms with Crippen molar-refractivity contribution in [2.75, 3.05) is 7.11 Å². The van der Waals surface area contributed by atoms with Gasteiger partial charge in [-0.3, -0.25) is 0 Å². The highest BCUT2D eigenvalue weighted by Crippen LogP contribution is 2.31. The summed E-state index contributed by atoms with van der Waals surface area (Å²) in [6.45, 7) is 0.385. The Morgan fingerprint density at radius 2 is 1.96 bits per heavy atom. The van der Waals surface area contributed by atoms with Gasteiger partial charge in [0.1, 0.15) is 12.4 Å². The van der Waals surface area contributed by atoms with Crippen LogP contribution >= 0.6 is 11.6 Å². The van der Waals surface area contributed by atoms with Gasteiger partial charge in [-0.15, -0.1) is 0 Å². The number of ether oxygens (including phenoxy) is 2. The Kier molecular flexibility index (Phi) is 6.23. The molecule has 0 aliphatic heterocycles. The third kappa shape index (κ3) is 5.19. The number of aromatic nitrogens is 1. The number of quaternary nitrogens is 1. The highest BCUT2D eigenvalue weighted by molar-refractivity contribution is 6.30. The smallest absolute Gasteiger partial charge is 0.223 e. The Morgan fingerprint density at radius 3 is 2.70 bits per heavy atom. The number of hydrogen-bond acceptors (Lipinski definition) is 5. The van der Waals surface area contributed by atoms with Crippen LogP contribution in [0.3, 0.4) is 0 Å². The second kappa shape index (κ2) is 9.01. The van der Waals surface area contributed by atoms with E-state index in [9.17, 15) is 0 Å². The second-order valence-corrected chi connectivity index (χ2v) is 6.01. The first-order valence-electron chi connectivity index (χ1n) is 8.09. The molecule has 0 fully saturated rings. The first kappa shape index (κ1) is 18.7. The average Bonchev–Trinajstić information content (AvgIpc) is 2.68. The molecule has 0 aliphatic rings. The molecule has 0 aliphatic carbocycles. The number of nitriles is 1. The van der Waals surface area contributed by atoms with Crippen molar-refractivity contribution in [3.05, 3.63) is 76.9 Å². The molecule has 0 bridgehead atoms. The van der Waals surface area contributed by atoms with Crippen LogP contribution in [-0.4, -0.2) is 12.1 Å². The molecule has 3 aromatic rings. The molecule has 0 saturated carbocycles. The lowest BCUT2D eigenvalue weighted by molar-refractivity contribution is -0.830. The Morgan fingerprint density at radius 1 is 1.15 bits per heavy atom. The molecular weight excluding hydrogens is 366 g/mol. The van der Waals surface area contributed by atoms with Crippen molar-refractivity contribution in [2.45, 2.75) is 6.61 Å². The number of nitrogens with zero attached hydrogens (tertiary/aromatic N) is 2. The fourth-order valence-electron chi connectivity index (χ4n) is 2.36. The molecule has 2 aromatic carbocycles. The van der Waals surface area contributed by atoms with Gasteiger partial charge in [0.2, 0.25) is 11.6 Å². The van der Waals surface area contributed by atoms with Crippen molar-refractivity contribution >= 4 is 17.3 Å². The van der Waals surface area contributed by atoms with Crippen molar-refractivity contribution in [3.63, 3.8) is 0 Å². The SMILES string of the molecule is CO[NH2+]c1cnc(OCc2ccccc2)cc1Oc1cc(Cl)cc(C#N)c1. The molecule has 1 heterocycles. The normalized spacial score (nSPS) is 10.3. The molecule has 0 amide bonds. The lowest BCUT2D eigenvalue weighted by Gasteiger charge is -2.11. The maximum atomic E-state index is 9.09. The van der Waals surface area contributed by atoms with Gasteiger partial charge >= 0.3 is 0 Å². The Hall–Kier alpha value is -3.11. The van der Waals surface area contributed by atoms with Gasteiger partial charge in [-0.05, 0) is 23.8 Å². The number of pyridine rings is 1. The van der Waals surface area contributed by atoms with Crippen LogP contribution in [0.5, 0.6) is 17.4 Å². The van der Waals surface area contributed by atoms with Crippen LogP contribution in [0.4, 0.5) is 5.69 Å². The minimum Gasteiger partial charge on any atom is -0.473 e. The summed E-state index contributed by atoms with van der Waals surface area (Å²) in [5.41, 5.74) is 3.58. The molecule has 0 spiro atoms. The van der Waals surface area contributed by atoms with E-state index in [1.165, 1.54) is 12.6 Å². The largest absolute Gasteiger partial charge is 0.473 e. The highest BCUT2D eigenvalue weighted by Gasteiger charge is 2.14. The first-order valence-corrected chi connectivity index (χ1v) is 8.47. The predicted molar refractivity (Wildman–Crippen MR) is 99.8 cm³/mol. The summed E-state index contributed by atoms with van der Waals surface area (Å²) >= 11 is 6.04. The van der Waals surface area contributed by atoms with Crippen LogP contribution in [0.25, 0.3) is 0 Å². The fraction of sp³-hybridized carbons (Fsp3) is 0.100. The predicted octanol–water partition coefficient (Wildman–Crippen LogP) is 3.73. The monoisotopic (exact) mass is 382 g/mol. The van der Waals surface area contributed by atoms with Gasteiger partial charge in [0.05, 0.1) is 24.9 Å². The summed E-state index contributed by atoms with van der Waals surface area (Å²) < 4.78 is 11.7. The molecule has 2 N–H and O–H groups in total. The van der Waals surface area contributed by atoms with Crippen LogP contribution in [-0.2, 0) is 11.4 Å². The lowest BCUT2D eigenvalue weighted by Crippen LogP contribution is -2.76. The number of benzene rings is 2. The van der Waals surface area contributed by atoms with E-state index in [2.05, 4.69) is 4.98 Å². The van der Waals surface area contributed by atoms with E-state index in [-0.39, 0.29) is 0 Å². The van der Waals surface area contributed by atoms with Gasteiger partial charge in [-0.2, -0.15) is 10.7 Å². The van der Waals surface area contributed by atoms with Gasteiger partial charge in [-0.25, -0.2) is 9.82 Å². The van der Waals surface area contributed by atoms with Gasteiger partial charge in [0, 0.05) is 11.1 Å². The maximum absolute atomic E-state index is 9.09. The first-order chi connectivity index (χ1) is 13.2. The summed E-state index contributed by atoms with van der Waals surface area (Å²) in [7, 11) is 1.54. The minimum atomic E-state index is 0.385. The Labute approximate surface area is 161 Å². The fourth-order valence-corrected chi connectivity index (χ4v) is 2.58. The molecule has 0 atom stereocenters. The van der Waals surface area contributed by atoms with Gasteiger partial charge < -0.3 is 9.47 Å². The van der Waals surface area contributed by atoms with Crippen LogP contribution in [0.15, 0.2) is 60.8 Å². The molecule has 27 heavy (non-hydrogen) atoms. The van der Waals surface area contributed by atoms with Crippen molar-refractivity contribution in [3.8, 4) is 23.4 Å². The summed E-state index contributed by atoms with van der Waals surface area (Å²) in [5, 5.41) is 9.51. The van der Waals surface area contributed by atoms with E-state index in [0.717, 1.165) is 5.56 Å². The van der Waals surface area contributed by atoms with E-state index in [1.54, 1.807) is 30.5 Å². The number of hydrogen-bond donors (Lipinski definition) is 1. The van der Waals surface area contributed by atoms with Crippen LogP contribution in [0, 0.1) is 11.3 Å². The quantitative estimate of drug-likeness (QED) is 0.629. The summed E-state index contributed by atoms with van der Waals surface area (Å²) in [4.78, 5) is 9.35. The molecule has 6 nitrogen and oxygen atoms in total. The number of nitrogens with two attached hydrogens (primary N) is 1. The van der Waals surface area contributed by atoms with E-state index in [1.807, 2.05) is 36.4 Å². The molecule has 3 rings (SSSR count). The lowest BCUT2D eigenvalue weighted by atomic mass is 10.2. The second-order valence-electron chi connectivity index (χ2n) is 5.58. The van der Waals surface area contributed by atoms with Crippen molar-refractivity contribution < 1.29 is 19.8 Å².